The van der Waals surface area contributed by atoms with Crippen molar-refractivity contribution < 1.29 is 19.7 Å². The molecular weight excluding hydrogens is 418 g/mol. The van der Waals surface area contributed by atoms with Gasteiger partial charge in [0.25, 0.3) is 0 Å². The molecule has 1 aromatic heterocycles. The summed E-state index contributed by atoms with van der Waals surface area (Å²) in [6.45, 7) is 2.44. The second-order valence-electron chi connectivity index (χ2n) is 8.12. The Morgan fingerprint density at radius 1 is 0.970 bits per heavy atom. The number of aliphatic hydroxyl groups is 2. The lowest BCUT2D eigenvalue weighted by Crippen LogP contribution is -2.08. The minimum Gasteiger partial charge on any atom is -0.493 e. The molecule has 0 atom stereocenters. The van der Waals surface area contributed by atoms with Crippen molar-refractivity contribution in [3.8, 4) is 22.6 Å². The number of methoxy groups -OCH3 is 1. The van der Waals surface area contributed by atoms with Gasteiger partial charge in [0.05, 0.1) is 26.9 Å². The summed E-state index contributed by atoms with van der Waals surface area (Å²) < 4.78 is 11.7. The van der Waals surface area contributed by atoms with Gasteiger partial charge in [-0.2, -0.15) is 0 Å². The molecule has 0 unspecified atom stereocenters. The number of hydrogen-bond donors (Lipinski definition) is 4. The van der Waals surface area contributed by atoms with E-state index in [1.165, 1.54) is 25.7 Å². The maximum atomic E-state index is 10.2. The molecule has 7 nitrogen and oxygen atoms in total. The Balaban J connectivity index is 2.00. The first kappa shape index (κ1) is 24.8. The molecule has 0 fully saturated rings. The van der Waals surface area contributed by atoms with Crippen LogP contribution < -0.4 is 20.7 Å². The van der Waals surface area contributed by atoms with Crippen LogP contribution >= 0.6 is 0 Å². The molecular formula is C26H35N3O4. The standard InChI is InChI=1S/C26H35N3O4/c1-3-4-5-6-7-8-11-33-24-13-19-12-20(16-30)22(17-31)26(21(19)15-23(24)32-2)18-9-10-28-25(14-18)29-27/h9-10,12-15,30-31H,3-8,11,16-17,27H2,1-2H3,(H,28,29). The van der Waals surface area contributed by atoms with Gasteiger partial charge in [-0.3, -0.25) is 0 Å². The number of ether oxygens (including phenoxy) is 2. The van der Waals surface area contributed by atoms with E-state index in [9.17, 15) is 10.2 Å². The second kappa shape index (κ2) is 12.4. The molecule has 2 aromatic carbocycles. The minimum absolute atomic E-state index is 0.189. The Labute approximate surface area is 195 Å². The van der Waals surface area contributed by atoms with E-state index < -0.39 is 0 Å². The van der Waals surface area contributed by atoms with Crippen molar-refractivity contribution in [2.75, 3.05) is 19.1 Å². The third kappa shape index (κ3) is 5.93. The monoisotopic (exact) mass is 453 g/mol. The van der Waals surface area contributed by atoms with E-state index in [4.69, 9.17) is 15.3 Å². The number of nitrogens with zero attached hydrogens (tertiary/aromatic N) is 1. The first-order valence-corrected chi connectivity index (χ1v) is 11.6. The predicted octanol–water partition coefficient (Wildman–Crippen LogP) is 4.92. The van der Waals surface area contributed by atoms with Crippen LogP contribution in [-0.2, 0) is 13.2 Å². The molecule has 0 aliphatic rings. The van der Waals surface area contributed by atoms with Crippen LogP contribution in [0, 0.1) is 0 Å². The first-order chi connectivity index (χ1) is 16.2. The highest BCUT2D eigenvalue weighted by Crippen LogP contribution is 2.41. The van der Waals surface area contributed by atoms with Crippen molar-refractivity contribution in [2.45, 2.75) is 58.7 Å². The van der Waals surface area contributed by atoms with Crippen molar-refractivity contribution in [3.63, 3.8) is 0 Å². The van der Waals surface area contributed by atoms with Crippen LogP contribution in [0.1, 0.15) is 56.6 Å². The molecule has 3 rings (SSSR count). The van der Waals surface area contributed by atoms with Gasteiger partial charge in [-0.25, -0.2) is 10.8 Å². The zero-order chi connectivity index (χ0) is 23.6. The smallest absolute Gasteiger partial charge is 0.161 e. The number of rotatable bonds is 13. The molecule has 0 amide bonds. The zero-order valence-electron chi connectivity index (χ0n) is 19.6. The number of nitrogens with two attached hydrogens (primary N) is 1. The van der Waals surface area contributed by atoms with Crippen LogP contribution in [0.4, 0.5) is 5.82 Å². The summed E-state index contributed by atoms with van der Waals surface area (Å²) in [6, 6.07) is 9.43. The fourth-order valence-electron chi connectivity index (χ4n) is 4.16. The Bertz CT molecular complexity index is 1060. The Kier molecular flexibility index (Phi) is 9.30. The number of aliphatic hydroxyl groups excluding tert-OH is 2. The molecule has 0 aliphatic carbocycles. The van der Waals surface area contributed by atoms with Crippen molar-refractivity contribution in [3.05, 3.63) is 47.7 Å². The molecule has 0 spiro atoms. The minimum atomic E-state index is -0.215. The van der Waals surface area contributed by atoms with Crippen molar-refractivity contribution in [2.24, 2.45) is 5.84 Å². The molecule has 0 aliphatic heterocycles. The lowest BCUT2D eigenvalue weighted by Gasteiger charge is -2.19. The largest absolute Gasteiger partial charge is 0.493 e. The summed E-state index contributed by atoms with van der Waals surface area (Å²) >= 11 is 0. The normalized spacial score (nSPS) is 11.1. The topological polar surface area (TPSA) is 110 Å². The summed E-state index contributed by atoms with van der Waals surface area (Å²) in [4.78, 5) is 4.18. The molecule has 0 saturated heterocycles. The molecule has 1 heterocycles. The van der Waals surface area contributed by atoms with E-state index in [0.717, 1.165) is 34.7 Å². The molecule has 5 N–H and O–H groups in total. The molecule has 33 heavy (non-hydrogen) atoms. The number of hydrogen-bond acceptors (Lipinski definition) is 7. The average Bonchev–Trinajstić information content (AvgIpc) is 2.86. The van der Waals surface area contributed by atoms with Gasteiger partial charge in [-0.15, -0.1) is 0 Å². The fraction of sp³-hybridized carbons (Fsp3) is 0.423. The molecule has 178 valence electrons. The van der Waals surface area contributed by atoms with E-state index in [1.54, 1.807) is 13.3 Å². The van der Waals surface area contributed by atoms with Gasteiger partial charge < -0.3 is 25.1 Å². The highest BCUT2D eigenvalue weighted by molar-refractivity contribution is 6.01. The Morgan fingerprint density at radius 2 is 1.76 bits per heavy atom. The summed E-state index contributed by atoms with van der Waals surface area (Å²) in [5.74, 6) is 7.36. The number of hydrazine groups is 1. The summed E-state index contributed by atoms with van der Waals surface area (Å²) in [6.07, 6.45) is 8.81. The van der Waals surface area contributed by atoms with E-state index in [1.807, 2.05) is 30.3 Å². The van der Waals surface area contributed by atoms with E-state index in [-0.39, 0.29) is 13.2 Å². The van der Waals surface area contributed by atoms with Crippen molar-refractivity contribution >= 4 is 16.6 Å². The predicted molar refractivity (Wildman–Crippen MR) is 132 cm³/mol. The fourth-order valence-corrected chi connectivity index (χ4v) is 4.16. The lowest BCUT2D eigenvalue weighted by atomic mass is 9.90. The molecule has 3 aromatic rings. The number of nitrogens with one attached hydrogen (secondary N) is 1. The van der Waals surface area contributed by atoms with Crippen molar-refractivity contribution in [1.29, 1.82) is 0 Å². The van der Waals surface area contributed by atoms with Crippen LogP contribution in [0.5, 0.6) is 11.5 Å². The summed E-state index contributed by atoms with van der Waals surface area (Å²) in [5, 5.41) is 21.9. The van der Waals surface area contributed by atoms with Crippen LogP contribution in [0.3, 0.4) is 0 Å². The highest BCUT2D eigenvalue weighted by Gasteiger charge is 2.18. The SMILES string of the molecule is CCCCCCCCOc1cc2cc(CO)c(CO)c(-c3ccnc(NN)c3)c2cc1OC. The van der Waals surface area contributed by atoms with Crippen LogP contribution in [0.15, 0.2) is 36.5 Å². The van der Waals surface area contributed by atoms with Gasteiger partial charge in [-0.1, -0.05) is 39.0 Å². The third-order valence-electron chi connectivity index (χ3n) is 5.90. The van der Waals surface area contributed by atoms with E-state index >= 15 is 0 Å². The number of unbranched alkanes of at least 4 members (excludes halogenated alkanes) is 5. The van der Waals surface area contributed by atoms with E-state index in [0.29, 0.717) is 35.1 Å². The number of benzene rings is 2. The first-order valence-electron chi connectivity index (χ1n) is 11.6. The molecule has 0 radical (unpaired) electrons. The zero-order valence-corrected chi connectivity index (χ0v) is 19.6. The van der Waals surface area contributed by atoms with Crippen LogP contribution in [0.25, 0.3) is 21.9 Å². The molecule has 0 saturated carbocycles. The summed E-state index contributed by atoms with van der Waals surface area (Å²) in [7, 11) is 1.62. The Hall–Kier alpha value is -2.87. The number of fused-ring (bicyclic) bond motifs is 1. The van der Waals surface area contributed by atoms with Crippen LogP contribution in [-0.4, -0.2) is 28.9 Å². The van der Waals surface area contributed by atoms with Crippen LogP contribution in [0.2, 0.25) is 0 Å². The maximum Gasteiger partial charge on any atom is 0.161 e. The third-order valence-corrected chi connectivity index (χ3v) is 5.90. The number of nitrogen functional groups attached to an aromatic ring is 1. The van der Waals surface area contributed by atoms with Crippen molar-refractivity contribution in [1.82, 2.24) is 4.98 Å². The number of anilines is 1. The molecule has 7 heteroatoms. The van der Waals surface area contributed by atoms with Gasteiger partial charge in [0.1, 0.15) is 5.82 Å². The number of pyridine rings is 1. The van der Waals surface area contributed by atoms with Gasteiger partial charge in [0.15, 0.2) is 11.5 Å². The molecule has 0 bridgehead atoms. The summed E-state index contributed by atoms with van der Waals surface area (Å²) in [5.41, 5.74) is 5.50. The highest BCUT2D eigenvalue weighted by atomic mass is 16.5. The van der Waals surface area contributed by atoms with Gasteiger partial charge in [0.2, 0.25) is 0 Å². The van der Waals surface area contributed by atoms with Gasteiger partial charge >= 0.3 is 0 Å². The van der Waals surface area contributed by atoms with E-state index in [2.05, 4.69) is 17.3 Å². The van der Waals surface area contributed by atoms with Gasteiger partial charge in [0, 0.05) is 6.20 Å². The van der Waals surface area contributed by atoms with Gasteiger partial charge in [-0.05, 0) is 69.8 Å². The maximum absolute atomic E-state index is 10.2. The Morgan fingerprint density at radius 3 is 2.45 bits per heavy atom. The second-order valence-corrected chi connectivity index (χ2v) is 8.12. The quantitative estimate of drug-likeness (QED) is 0.165. The lowest BCUT2D eigenvalue weighted by molar-refractivity contribution is 0.260. The number of aromatic nitrogens is 1. The average molecular weight is 454 g/mol.